The van der Waals surface area contributed by atoms with Gasteiger partial charge in [0, 0.05) is 30.0 Å². The largest absolute Gasteiger partial charge is 0.266 e. The SMILES string of the molecule is CCc1ncc(C2CC2c2cc(-c3cc(C)c4ncc(C)n4n3)n(C)n2)s1. The minimum atomic E-state index is 0.495. The fraction of sp³-hybridized carbons (Fsp3) is 0.400. The third kappa shape index (κ3) is 2.68. The maximum Gasteiger partial charge on any atom is 0.156 e. The summed E-state index contributed by atoms with van der Waals surface area (Å²) in [5, 5.41) is 10.8. The highest BCUT2D eigenvalue weighted by Crippen LogP contribution is 2.55. The van der Waals surface area contributed by atoms with Gasteiger partial charge in [0.15, 0.2) is 5.65 Å². The van der Waals surface area contributed by atoms with Gasteiger partial charge in [0.2, 0.25) is 0 Å². The van der Waals surface area contributed by atoms with Crippen LogP contribution in [0.5, 0.6) is 0 Å². The number of aromatic nitrogens is 6. The summed E-state index contributed by atoms with van der Waals surface area (Å²) < 4.78 is 3.87. The number of imidazole rings is 1. The van der Waals surface area contributed by atoms with Crippen molar-refractivity contribution < 1.29 is 0 Å². The van der Waals surface area contributed by atoms with E-state index in [0.29, 0.717) is 11.8 Å². The minimum Gasteiger partial charge on any atom is -0.266 e. The molecule has 138 valence electrons. The highest BCUT2D eigenvalue weighted by Gasteiger charge is 2.42. The second-order valence-corrected chi connectivity index (χ2v) is 8.53. The summed E-state index contributed by atoms with van der Waals surface area (Å²) in [6.07, 6.45) is 6.09. The first-order chi connectivity index (χ1) is 13.0. The van der Waals surface area contributed by atoms with Crippen LogP contribution in [0.4, 0.5) is 0 Å². The molecular formula is C20H22N6S. The van der Waals surface area contributed by atoms with Crippen LogP contribution in [-0.2, 0) is 13.5 Å². The second-order valence-electron chi connectivity index (χ2n) is 7.38. The predicted octanol–water partition coefficient (Wildman–Crippen LogP) is 4.04. The Balaban J connectivity index is 1.48. The van der Waals surface area contributed by atoms with E-state index in [-0.39, 0.29) is 0 Å². The molecule has 1 saturated carbocycles. The average Bonchev–Trinajstić information content (AvgIpc) is 2.98. The average molecular weight is 379 g/mol. The predicted molar refractivity (Wildman–Crippen MR) is 106 cm³/mol. The van der Waals surface area contributed by atoms with Crippen molar-refractivity contribution in [2.75, 3.05) is 0 Å². The molecular weight excluding hydrogens is 356 g/mol. The topological polar surface area (TPSA) is 60.9 Å². The number of hydrogen-bond donors (Lipinski definition) is 0. The van der Waals surface area contributed by atoms with E-state index in [1.165, 1.54) is 9.88 Å². The van der Waals surface area contributed by atoms with Crippen molar-refractivity contribution in [3.63, 3.8) is 0 Å². The molecule has 0 spiro atoms. The lowest BCUT2D eigenvalue weighted by molar-refractivity contribution is 0.742. The van der Waals surface area contributed by atoms with E-state index in [0.717, 1.165) is 46.8 Å². The zero-order valence-corrected chi connectivity index (χ0v) is 16.8. The lowest BCUT2D eigenvalue weighted by Gasteiger charge is -2.05. The van der Waals surface area contributed by atoms with E-state index in [4.69, 9.17) is 10.2 Å². The van der Waals surface area contributed by atoms with Gasteiger partial charge < -0.3 is 0 Å². The van der Waals surface area contributed by atoms with E-state index in [9.17, 15) is 0 Å². The quantitative estimate of drug-likeness (QED) is 0.538. The van der Waals surface area contributed by atoms with Gasteiger partial charge in [0.1, 0.15) is 5.69 Å². The summed E-state index contributed by atoms with van der Waals surface area (Å²) in [5.41, 5.74) is 6.22. The van der Waals surface area contributed by atoms with Crippen LogP contribution in [0.3, 0.4) is 0 Å². The molecule has 27 heavy (non-hydrogen) atoms. The number of fused-ring (bicyclic) bond motifs is 1. The molecule has 0 amide bonds. The Morgan fingerprint density at radius 3 is 2.74 bits per heavy atom. The Morgan fingerprint density at radius 2 is 1.96 bits per heavy atom. The first kappa shape index (κ1) is 16.6. The Morgan fingerprint density at radius 1 is 1.11 bits per heavy atom. The van der Waals surface area contributed by atoms with E-state index in [1.54, 1.807) is 0 Å². The molecule has 1 fully saturated rings. The zero-order chi connectivity index (χ0) is 18.7. The number of aryl methyl sites for hydroxylation is 4. The lowest BCUT2D eigenvalue weighted by atomic mass is 10.2. The Hall–Kier alpha value is -2.54. The van der Waals surface area contributed by atoms with Gasteiger partial charge in [0.05, 0.1) is 28.3 Å². The van der Waals surface area contributed by atoms with Crippen LogP contribution in [-0.4, -0.2) is 29.4 Å². The molecule has 5 rings (SSSR count). The van der Waals surface area contributed by atoms with Gasteiger partial charge in [-0.25, -0.2) is 14.5 Å². The smallest absolute Gasteiger partial charge is 0.156 e. The van der Waals surface area contributed by atoms with Gasteiger partial charge in [-0.2, -0.15) is 10.2 Å². The summed E-state index contributed by atoms with van der Waals surface area (Å²) in [6.45, 7) is 6.27. The normalized spacial score (nSPS) is 19.1. The van der Waals surface area contributed by atoms with Gasteiger partial charge >= 0.3 is 0 Å². The number of nitrogens with zero attached hydrogens (tertiary/aromatic N) is 6. The molecule has 1 aliphatic rings. The van der Waals surface area contributed by atoms with Crippen molar-refractivity contribution in [2.45, 2.75) is 45.4 Å². The lowest BCUT2D eigenvalue weighted by Crippen LogP contribution is -2.02. The molecule has 4 heterocycles. The first-order valence-electron chi connectivity index (χ1n) is 9.36. The molecule has 1 aliphatic carbocycles. The number of hydrogen-bond acceptors (Lipinski definition) is 5. The molecule has 7 heteroatoms. The molecule has 0 bridgehead atoms. The third-order valence-electron chi connectivity index (χ3n) is 5.39. The van der Waals surface area contributed by atoms with Gasteiger partial charge in [-0.15, -0.1) is 11.3 Å². The molecule has 2 atom stereocenters. The fourth-order valence-corrected chi connectivity index (χ4v) is 4.80. The van der Waals surface area contributed by atoms with Crippen molar-refractivity contribution in [3.8, 4) is 11.4 Å². The summed E-state index contributed by atoms with van der Waals surface area (Å²) in [7, 11) is 2.00. The Labute approximate surface area is 161 Å². The fourth-order valence-electron chi connectivity index (χ4n) is 3.76. The molecule has 0 radical (unpaired) electrons. The van der Waals surface area contributed by atoms with Crippen molar-refractivity contribution in [1.29, 1.82) is 0 Å². The maximum atomic E-state index is 4.81. The highest BCUT2D eigenvalue weighted by molar-refractivity contribution is 7.11. The third-order valence-corrected chi connectivity index (χ3v) is 6.67. The molecule has 2 unspecified atom stereocenters. The summed E-state index contributed by atoms with van der Waals surface area (Å²) in [6, 6.07) is 4.30. The number of rotatable bonds is 4. The van der Waals surface area contributed by atoms with Gasteiger partial charge in [-0.3, -0.25) is 4.68 Å². The molecule has 0 aromatic carbocycles. The molecule has 4 aromatic rings. The van der Waals surface area contributed by atoms with E-state index in [1.807, 2.05) is 40.7 Å². The van der Waals surface area contributed by atoms with Crippen molar-refractivity contribution >= 4 is 17.0 Å². The van der Waals surface area contributed by atoms with Crippen LogP contribution in [0.2, 0.25) is 0 Å². The van der Waals surface area contributed by atoms with Crippen LogP contribution in [0.25, 0.3) is 17.0 Å². The summed E-state index contributed by atoms with van der Waals surface area (Å²) in [4.78, 5) is 10.4. The van der Waals surface area contributed by atoms with Gasteiger partial charge in [-0.05, 0) is 44.4 Å². The van der Waals surface area contributed by atoms with E-state index < -0.39 is 0 Å². The minimum absolute atomic E-state index is 0.495. The first-order valence-corrected chi connectivity index (χ1v) is 10.2. The Bertz CT molecular complexity index is 1150. The van der Waals surface area contributed by atoms with Gasteiger partial charge in [0.25, 0.3) is 0 Å². The molecule has 4 aromatic heterocycles. The molecule has 0 saturated heterocycles. The van der Waals surface area contributed by atoms with E-state index in [2.05, 4.69) is 42.1 Å². The summed E-state index contributed by atoms with van der Waals surface area (Å²) >= 11 is 1.85. The van der Waals surface area contributed by atoms with Crippen molar-refractivity contribution in [3.05, 3.63) is 51.4 Å². The van der Waals surface area contributed by atoms with Crippen LogP contribution >= 0.6 is 11.3 Å². The van der Waals surface area contributed by atoms with Crippen molar-refractivity contribution in [2.24, 2.45) is 7.05 Å². The maximum absolute atomic E-state index is 4.81. The number of thiazole rings is 1. The monoisotopic (exact) mass is 378 g/mol. The highest BCUT2D eigenvalue weighted by atomic mass is 32.1. The second kappa shape index (κ2) is 5.99. The zero-order valence-electron chi connectivity index (χ0n) is 16.0. The van der Waals surface area contributed by atoms with Gasteiger partial charge in [-0.1, -0.05) is 6.92 Å². The van der Waals surface area contributed by atoms with Crippen LogP contribution < -0.4 is 0 Å². The van der Waals surface area contributed by atoms with Crippen LogP contribution in [0.1, 0.15) is 52.0 Å². The molecule has 0 N–H and O–H groups in total. The van der Waals surface area contributed by atoms with Crippen molar-refractivity contribution in [1.82, 2.24) is 29.4 Å². The van der Waals surface area contributed by atoms with Crippen LogP contribution in [0.15, 0.2) is 24.5 Å². The van der Waals surface area contributed by atoms with E-state index >= 15 is 0 Å². The van der Waals surface area contributed by atoms with Crippen LogP contribution in [0, 0.1) is 13.8 Å². The Kier molecular flexibility index (Phi) is 3.69. The molecule has 0 aliphatic heterocycles. The standard InChI is InChI=1S/C20H22N6S/c1-5-19-21-10-18(27-19)14-7-13(14)15-8-17(25(4)23-15)16-6-11(2)20-22-9-12(3)26(20)24-16/h6,8-10,13-14H,5,7H2,1-4H3. The molecule has 6 nitrogen and oxygen atoms in total. The summed E-state index contributed by atoms with van der Waals surface area (Å²) in [5.74, 6) is 1.06.